The molecular weight excluding hydrogens is 348 g/mol. The number of rotatable bonds is 6. The zero-order valence-electron chi connectivity index (χ0n) is 15.6. The second kappa shape index (κ2) is 8.19. The Balaban J connectivity index is 1.62. The SMILES string of the molecule is O=C1C[C@@H](N(Cc2ccccc2)Cc2ccccc2)C(=O)N1c1ccccc1. The molecule has 3 aromatic carbocycles. The van der Waals surface area contributed by atoms with Gasteiger partial charge in [-0.1, -0.05) is 78.9 Å². The van der Waals surface area contributed by atoms with Gasteiger partial charge in [-0.2, -0.15) is 0 Å². The lowest BCUT2D eigenvalue weighted by atomic mass is 10.1. The van der Waals surface area contributed by atoms with Crippen molar-refractivity contribution < 1.29 is 9.59 Å². The molecule has 0 radical (unpaired) electrons. The number of benzene rings is 3. The molecule has 0 aromatic heterocycles. The first-order valence-corrected chi connectivity index (χ1v) is 9.46. The summed E-state index contributed by atoms with van der Waals surface area (Å²) in [5, 5.41) is 0. The van der Waals surface area contributed by atoms with Crippen LogP contribution in [-0.2, 0) is 22.7 Å². The molecule has 4 rings (SSSR count). The molecule has 0 saturated carbocycles. The van der Waals surface area contributed by atoms with E-state index in [0.29, 0.717) is 18.8 Å². The summed E-state index contributed by atoms with van der Waals surface area (Å²) in [6, 6.07) is 28.8. The molecule has 0 spiro atoms. The van der Waals surface area contributed by atoms with Crippen molar-refractivity contribution in [2.75, 3.05) is 4.90 Å². The normalized spacial score (nSPS) is 16.8. The maximum atomic E-state index is 13.2. The van der Waals surface area contributed by atoms with Crippen LogP contribution in [0.3, 0.4) is 0 Å². The quantitative estimate of drug-likeness (QED) is 0.616. The Bertz CT molecular complexity index is 901. The Morgan fingerprint density at radius 3 is 1.68 bits per heavy atom. The number of imide groups is 1. The van der Waals surface area contributed by atoms with Gasteiger partial charge in [-0.3, -0.25) is 14.5 Å². The van der Waals surface area contributed by atoms with Gasteiger partial charge in [-0.15, -0.1) is 0 Å². The van der Waals surface area contributed by atoms with Gasteiger partial charge in [0.25, 0.3) is 5.91 Å². The summed E-state index contributed by atoms with van der Waals surface area (Å²) in [5.41, 5.74) is 2.88. The van der Waals surface area contributed by atoms with Crippen molar-refractivity contribution in [2.45, 2.75) is 25.6 Å². The molecule has 1 aliphatic rings. The first-order chi connectivity index (χ1) is 13.7. The molecule has 0 bridgehead atoms. The third-order valence-corrected chi connectivity index (χ3v) is 5.03. The van der Waals surface area contributed by atoms with E-state index >= 15 is 0 Å². The zero-order valence-corrected chi connectivity index (χ0v) is 15.6. The predicted molar refractivity (Wildman–Crippen MR) is 109 cm³/mol. The molecule has 4 heteroatoms. The van der Waals surface area contributed by atoms with Crippen LogP contribution in [0.5, 0.6) is 0 Å². The standard InChI is InChI=1S/C24H22N2O2/c27-23-16-22(24(28)26(23)21-14-8-3-9-15-21)25(17-19-10-4-1-5-11-19)18-20-12-6-2-7-13-20/h1-15,22H,16-18H2/t22-/m1/s1. The van der Waals surface area contributed by atoms with Crippen LogP contribution in [-0.4, -0.2) is 22.8 Å². The molecule has 4 nitrogen and oxygen atoms in total. The van der Waals surface area contributed by atoms with Crippen molar-refractivity contribution in [1.29, 1.82) is 0 Å². The Hall–Kier alpha value is -3.24. The van der Waals surface area contributed by atoms with Gasteiger partial charge in [0, 0.05) is 13.1 Å². The number of hydrogen-bond donors (Lipinski definition) is 0. The molecule has 1 atom stereocenters. The monoisotopic (exact) mass is 370 g/mol. The van der Waals surface area contributed by atoms with Crippen molar-refractivity contribution >= 4 is 17.5 Å². The molecule has 1 heterocycles. The van der Waals surface area contributed by atoms with E-state index in [9.17, 15) is 9.59 Å². The minimum absolute atomic E-state index is 0.146. The molecule has 1 aliphatic heterocycles. The lowest BCUT2D eigenvalue weighted by molar-refractivity contribution is -0.123. The molecule has 28 heavy (non-hydrogen) atoms. The first-order valence-electron chi connectivity index (χ1n) is 9.46. The van der Waals surface area contributed by atoms with E-state index in [4.69, 9.17) is 0 Å². The van der Waals surface area contributed by atoms with Gasteiger partial charge in [-0.25, -0.2) is 4.90 Å². The second-order valence-corrected chi connectivity index (χ2v) is 7.00. The summed E-state index contributed by atoms with van der Waals surface area (Å²) >= 11 is 0. The van der Waals surface area contributed by atoms with E-state index in [1.807, 2.05) is 78.9 Å². The summed E-state index contributed by atoms with van der Waals surface area (Å²) in [6.07, 6.45) is 0.202. The smallest absolute Gasteiger partial charge is 0.251 e. The van der Waals surface area contributed by atoms with Crippen LogP contribution in [0.1, 0.15) is 17.5 Å². The van der Waals surface area contributed by atoms with Gasteiger partial charge in [0.05, 0.1) is 18.2 Å². The van der Waals surface area contributed by atoms with Crippen molar-refractivity contribution in [1.82, 2.24) is 4.90 Å². The van der Waals surface area contributed by atoms with Crippen LogP contribution in [0.4, 0.5) is 5.69 Å². The van der Waals surface area contributed by atoms with Gasteiger partial charge in [-0.05, 0) is 23.3 Å². The topological polar surface area (TPSA) is 40.6 Å². The fraction of sp³-hybridized carbons (Fsp3) is 0.167. The number of para-hydroxylation sites is 1. The van der Waals surface area contributed by atoms with E-state index in [0.717, 1.165) is 11.1 Å². The Labute approximate surface area is 165 Å². The largest absolute Gasteiger partial charge is 0.283 e. The van der Waals surface area contributed by atoms with Crippen molar-refractivity contribution in [3.63, 3.8) is 0 Å². The second-order valence-electron chi connectivity index (χ2n) is 7.00. The van der Waals surface area contributed by atoms with Crippen molar-refractivity contribution in [2.24, 2.45) is 0 Å². The molecule has 140 valence electrons. The Morgan fingerprint density at radius 1 is 0.714 bits per heavy atom. The first kappa shape index (κ1) is 18.1. The van der Waals surface area contributed by atoms with Gasteiger partial charge < -0.3 is 0 Å². The van der Waals surface area contributed by atoms with Crippen molar-refractivity contribution in [3.05, 3.63) is 102 Å². The van der Waals surface area contributed by atoms with E-state index in [1.54, 1.807) is 12.1 Å². The Kier molecular flexibility index (Phi) is 5.31. The third-order valence-electron chi connectivity index (χ3n) is 5.03. The Morgan fingerprint density at radius 2 is 1.18 bits per heavy atom. The number of carbonyl (C=O) groups is 2. The maximum Gasteiger partial charge on any atom is 0.251 e. The van der Waals surface area contributed by atoms with Gasteiger partial charge in [0.15, 0.2) is 0 Å². The highest BCUT2D eigenvalue weighted by molar-refractivity contribution is 6.22. The number of carbonyl (C=O) groups excluding carboxylic acids is 2. The maximum absolute atomic E-state index is 13.2. The summed E-state index contributed by atoms with van der Waals surface area (Å²) in [5.74, 6) is -0.296. The van der Waals surface area contributed by atoms with E-state index in [2.05, 4.69) is 4.90 Å². The predicted octanol–water partition coefficient (Wildman–Crippen LogP) is 4.02. The highest BCUT2D eigenvalue weighted by Crippen LogP contribution is 2.27. The molecule has 1 saturated heterocycles. The molecule has 2 amide bonds. The minimum atomic E-state index is -0.465. The number of anilines is 1. The lowest BCUT2D eigenvalue weighted by Crippen LogP contribution is -2.41. The summed E-state index contributed by atoms with van der Waals surface area (Å²) < 4.78 is 0. The fourth-order valence-corrected chi connectivity index (χ4v) is 3.66. The molecule has 0 N–H and O–H groups in total. The van der Waals surface area contributed by atoms with E-state index in [1.165, 1.54) is 4.90 Å². The zero-order chi connectivity index (χ0) is 19.3. The summed E-state index contributed by atoms with van der Waals surface area (Å²) in [6.45, 7) is 1.23. The van der Waals surface area contributed by atoms with Gasteiger partial charge >= 0.3 is 0 Å². The van der Waals surface area contributed by atoms with Crippen LogP contribution in [0.15, 0.2) is 91.0 Å². The van der Waals surface area contributed by atoms with Crippen LogP contribution in [0.2, 0.25) is 0 Å². The van der Waals surface area contributed by atoms with Gasteiger partial charge in [0.2, 0.25) is 5.91 Å². The number of hydrogen-bond acceptors (Lipinski definition) is 3. The van der Waals surface area contributed by atoms with Crippen molar-refractivity contribution in [3.8, 4) is 0 Å². The number of amides is 2. The van der Waals surface area contributed by atoms with Crippen LogP contribution < -0.4 is 4.90 Å². The average Bonchev–Trinajstić information content (AvgIpc) is 3.04. The van der Waals surface area contributed by atoms with Crippen LogP contribution in [0.25, 0.3) is 0 Å². The summed E-state index contributed by atoms with van der Waals surface area (Å²) in [7, 11) is 0. The van der Waals surface area contributed by atoms with Crippen LogP contribution >= 0.6 is 0 Å². The third kappa shape index (κ3) is 3.87. The molecule has 3 aromatic rings. The molecular formula is C24H22N2O2. The highest BCUT2D eigenvalue weighted by Gasteiger charge is 2.42. The van der Waals surface area contributed by atoms with E-state index in [-0.39, 0.29) is 18.2 Å². The van der Waals surface area contributed by atoms with E-state index < -0.39 is 6.04 Å². The molecule has 1 fully saturated rings. The molecule has 0 unspecified atom stereocenters. The average molecular weight is 370 g/mol. The molecule has 0 aliphatic carbocycles. The van der Waals surface area contributed by atoms with Gasteiger partial charge in [0.1, 0.15) is 0 Å². The minimum Gasteiger partial charge on any atom is -0.283 e. The number of nitrogens with zero attached hydrogens (tertiary/aromatic N) is 2. The highest BCUT2D eigenvalue weighted by atomic mass is 16.2. The van der Waals surface area contributed by atoms with Crippen LogP contribution in [0, 0.1) is 0 Å². The lowest BCUT2D eigenvalue weighted by Gasteiger charge is -2.27. The fourth-order valence-electron chi connectivity index (χ4n) is 3.66. The summed E-state index contributed by atoms with van der Waals surface area (Å²) in [4.78, 5) is 29.3.